The highest BCUT2D eigenvalue weighted by atomic mass is 16.6. The van der Waals surface area contributed by atoms with E-state index in [1.54, 1.807) is 19.2 Å². The molecule has 0 saturated heterocycles. The normalized spacial score (nSPS) is 16.0. The highest BCUT2D eigenvalue weighted by Crippen LogP contribution is 2.31. The SMILES string of the molecule is COCc1nc2ccc(NC(=O)[C@H]3COc4ccccc4O3)cc2[nH]1. The van der Waals surface area contributed by atoms with Crippen LogP contribution >= 0.6 is 0 Å². The first-order valence-electron chi connectivity index (χ1n) is 7.90. The van der Waals surface area contributed by atoms with E-state index in [1.807, 2.05) is 30.3 Å². The van der Waals surface area contributed by atoms with Crippen molar-refractivity contribution in [3.05, 3.63) is 48.3 Å². The van der Waals surface area contributed by atoms with Crippen LogP contribution in [-0.2, 0) is 16.1 Å². The maximum atomic E-state index is 12.5. The predicted molar refractivity (Wildman–Crippen MR) is 91.8 cm³/mol. The van der Waals surface area contributed by atoms with Crippen LogP contribution in [-0.4, -0.2) is 35.7 Å². The first kappa shape index (κ1) is 15.5. The van der Waals surface area contributed by atoms with Gasteiger partial charge in [0, 0.05) is 12.8 Å². The number of benzene rings is 2. The molecular formula is C18H17N3O4. The first-order valence-corrected chi connectivity index (χ1v) is 7.90. The Hall–Kier alpha value is -3.06. The number of carbonyl (C=O) groups is 1. The largest absolute Gasteiger partial charge is 0.485 e. The van der Waals surface area contributed by atoms with E-state index in [2.05, 4.69) is 15.3 Å². The molecule has 0 spiro atoms. The summed E-state index contributed by atoms with van der Waals surface area (Å²) in [6.07, 6.45) is -0.698. The molecular weight excluding hydrogens is 322 g/mol. The average molecular weight is 339 g/mol. The van der Waals surface area contributed by atoms with Gasteiger partial charge in [0.25, 0.3) is 5.91 Å². The van der Waals surface area contributed by atoms with Gasteiger partial charge in [-0.15, -0.1) is 0 Å². The lowest BCUT2D eigenvalue weighted by molar-refractivity contribution is -0.125. The number of H-pyrrole nitrogens is 1. The zero-order chi connectivity index (χ0) is 17.2. The van der Waals surface area contributed by atoms with Crippen molar-refractivity contribution in [2.24, 2.45) is 0 Å². The molecule has 1 aromatic heterocycles. The Morgan fingerprint density at radius 2 is 2.16 bits per heavy atom. The summed E-state index contributed by atoms with van der Waals surface area (Å²) in [7, 11) is 1.61. The standard InChI is InChI=1S/C18H17N3O4/c1-23-10-17-20-12-7-6-11(8-13(12)21-17)19-18(22)16-9-24-14-4-2-3-5-15(14)25-16/h2-8,16H,9-10H2,1H3,(H,19,22)(H,20,21)/t16-/m1/s1. The van der Waals surface area contributed by atoms with E-state index in [1.165, 1.54) is 0 Å². The number of hydrogen-bond acceptors (Lipinski definition) is 5. The van der Waals surface area contributed by atoms with Crippen molar-refractivity contribution in [2.45, 2.75) is 12.7 Å². The molecule has 0 fully saturated rings. The molecule has 128 valence electrons. The van der Waals surface area contributed by atoms with Crippen LogP contribution < -0.4 is 14.8 Å². The lowest BCUT2D eigenvalue weighted by Gasteiger charge is -2.25. The Balaban J connectivity index is 1.48. The summed E-state index contributed by atoms with van der Waals surface area (Å²) in [6.45, 7) is 0.580. The zero-order valence-corrected chi connectivity index (χ0v) is 13.6. The molecule has 25 heavy (non-hydrogen) atoms. The third-order valence-corrected chi connectivity index (χ3v) is 3.88. The molecule has 0 saturated carbocycles. The molecule has 4 rings (SSSR count). The van der Waals surface area contributed by atoms with Gasteiger partial charge < -0.3 is 24.5 Å². The number of methoxy groups -OCH3 is 1. The number of nitrogens with one attached hydrogen (secondary N) is 2. The number of nitrogens with zero attached hydrogens (tertiary/aromatic N) is 1. The lowest BCUT2D eigenvalue weighted by atomic mass is 10.2. The van der Waals surface area contributed by atoms with Gasteiger partial charge in [-0.1, -0.05) is 12.1 Å². The molecule has 1 amide bonds. The second-order valence-corrected chi connectivity index (χ2v) is 5.70. The molecule has 0 unspecified atom stereocenters. The molecule has 2 aromatic carbocycles. The van der Waals surface area contributed by atoms with E-state index in [0.717, 1.165) is 16.9 Å². The lowest BCUT2D eigenvalue weighted by Crippen LogP contribution is -2.40. The third kappa shape index (κ3) is 3.14. The van der Waals surface area contributed by atoms with Crippen LogP contribution in [0.2, 0.25) is 0 Å². The maximum Gasteiger partial charge on any atom is 0.269 e. The van der Waals surface area contributed by atoms with Crippen LogP contribution in [0, 0.1) is 0 Å². The smallest absolute Gasteiger partial charge is 0.269 e. The van der Waals surface area contributed by atoms with Crippen LogP contribution in [0.25, 0.3) is 11.0 Å². The van der Waals surface area contributed by atoms with Gasteiger partial charge in [-0.05, 0) is 30.3 Å². The molecule has 1 aliphatic heterocycles. The number of aromatic amines is 1. The number of carbonyl (C=O) groups excluding carboxylic acids is 1. The van der Waals surface area contributed by atoms with Gasteiger partial charge >= 0.3 is 0 Å². The van der Waals surface area contributed by atoms with Crippen LogP contribution in [0.15, 0.2) is 42.5 Å². The Bertz CT molecular complexity index is 922. The zero-order valence-electron chi connectivity index (χ0n) is 13.6. The van der Waals surface area contributed by atoms with E-state index in [0.29, 0.717) is 23.8 Å². The Labute approximate surface area is 143 Å². The van der Waals surface area contributed by atoms with E-state index in [-0.39, 0.29) is 12.5 Å². The number of ether oxygens (including phenoxy) is 3. The molecule has 3 aromatic rings. The van der Waals surface area contributed by atoms with Crippen LogP contribution in [0.1, 0.15) is 5.82 Å². The van der Waals surface area contributed by atoms with Gasteiger partial charge in [-0.3, -0.25) is 4.79 Å². The summed E-state index contributed by atoms with van der Waals surface area (Å²) in [5.41, 5.74) is 2.31. The number of aromatic nitrogens is 2. The fourth-order valence-electron chi connectivity index (χ4n) is 2.72. The minimum absolute atomic E-state index is 0.174. The highest BCUT2D eigenvalue weighted by Gasteiger charge is 2.27. The minimum Gasteiger partial charge on any atom is -0.485 e. The van der Waals surface area contributed by atoms with Crippen molar-refractivity contribution in [1.82, 2.24) is 9.97 Å². The van der Waals surface area contributed by atoms with Crippen LogP contribution in [0.5, 0.6) is 11.5 Å². The molecule has 0 bridgehead atoms. The summed E-state index contributed by atoms with van der Waals surface area (Å²) in [5, 5.41) is 2.85. The summed E-state index contributed by atoms with van der Waals surface area (Å²) in [6, 6.07) is 12.8. The third-order valence-electron chi connectivity index (χ3n) is 3.88. The number of para-hydroxylation sites is 2. The number of hydrogen-bond donors (Lipinski definition) is 2. The number of anilines is 1. The minimum atomic E-state index is -0.698. The summed E-state index contributed by atoms with van der Waals surface area (Å²) in [4.78, 5) is 20.0. The molecule has 0 radical (unpaired) electrons. The van der Waals surface area contributed by atoms with Crippen molar-refractivity contribution in [2.75, 3.05) is 19.0 Å². The fourth-order valence-corrected chi connectivity index (χ4v) is 2.72. The maximum absolute atomic E-state index is 12.5. The summed E-state index contributed by atoms with van der Waals surface area (Å²) >= 11 is 0. The monoisotopic (exact) mass is 339 g/mol. The van der Waals surface area contributed by atoms with E-state index < -0.39 is 6.10 Å². The van der Waals surface area contributed by atoms with Gasteiger partial charge in [0.05, 0.1) is 11.0 Å². The van der Waals surface area contributed by atoms with Crippen molar-refractivity contribution < 1.29 is 19.0 Å². The highest BCUT2D eigenvalue weighted by molar-refractivity contribution is 5.96. The van der Waals surface area contributed by atoms with Crippen molar-refractivity contribution in [3.8, 4) is 11.5 Å². The number of imidazole rings is 1. The van der Waals surface area contributed by atoms with Crippen molar-refractivity contribution in [3.63, 3.8) is 0 Å². The number of amides is 1. The number of rotatable bonds is 4. The second-order valence-electron chi connectivity index (χ2n) is 5.70. The topological polar surface area (TPSA) is 85.5 Å². The molecule has 1 atom stereocenters. The van der Waals surface area contributed by atoms with Crippen LogP contribution in [0.4, 0.5) is 5.69 Å². The van der Waals surface area contributed by atoms with Gasteiger partial charge in [0.1, 0.15) is 19.0 Å². The molecule has 7 heteroatoms. The Morgan fingerprint density at radius 1 is 1.32 bits per heavy atom. The molecule has 7 nitrogen and oxygen atoms in total. The fraction of sp³-hybridized carbons (Fsp3) is 0.222. The van der Waals surface area contributed by atoms with E-state index in [4.69, 9.17) is 14.2 Å². The van der Waals surface area contributed by atoms with Gasteiger partial charge in [0.2, 0.25) is 6.10 Å². The molecule has 1 aliphatic rings. The van der Waals surface area contributed by atoms with Gasteiger partial charge in [-0.2, -0.15) is 0 Å². The molecule has 2 heterocycles. The van der Waals surface area contributed by atoms with E-state index in [9.17, 15) is 4.79 Å². The quantitative estimate of drug-likeness (QED) is 0.763. The predicted octanol–water partition coefficient (Wildman–Crippen LogP) is 2.49. The average Bonchev–Trinajstić information content (AvgIpc) is 3.03. The van der Waals surface area contributed by atoms with Crippen molar-refractivity contribution in [1.29, 1.82) is 0 Å². The molecule has 0 aliphatic carbocycles. The first-order chi connectivity index (χ1) is 12.2. The summed E-state index contributed by atoms with van der Waals surface area (Å²) < 4.78 is 16.4. The van der Waals surface area contributed by atoms with Crippen LogP contribution in [0.3, 0.4) is 0 Å². The Morgan fingerprint density at radius 3 is 3.00 bits per heavy atom. The van der Waals surface area contributed by atoms with Gasteiger partial charge in [-0.25, -0.2) is 4.98 Å². The second kappa shape index (κ2) is 6.45. The van der Waals surface area contributed by atoms with E-state index >= 15 is 0 Å². The summed E-state index contributed by atoms with van der Waals surface area (Å²) in [5.74, 6) is 1.70. The van der Waals surface area contributed by atoms with Crippen molar-refractivity contribution >= 4 is 22.6 Å². The Kier molecular flexibility index (Phi) is 3.99. The number of fused-ring (bicyclic) bond motifs is 2. The molecule has 2 N–H and O–H groups in total. The van der Waals surface area contributed by atoms with Gasteiger partial charge in [0.15, 0.2) is 11.5 Å².